The van der Waals surface area contributed by atoms with Crippen LogP contribution < -0.4 is 9.64 Å². The topological polar surface area (TPSA) is 76.6 Å². The molecule has 0 aromatic heterocycles. The summed E-state index contributed by atoms with van der Waals surface area (Å²) in [6.07, 6.45) is 0. The zero-order valence-electron chi connectivity index (χ0n) is 27.6. The Bertz CT molecular complexity index is 1930. The molecule has 258 valence electrons. The molecule has 49 heavy (non-hydrogen) atoms. The molecule has 1 fully saturated rings. The lowest BCUT2D eigenvalue weighted by molar-refractivity contribution is 0.174. The summed E-state index contributed by atoms with van der Waals surface area (Å²) < 4.78 is 35.7. The van der Waals surface area contributed by atoms with Crippen LogP contribution >= 0.6 is 34.8 Å². The molecular formula is C36H38Cl3N5O4S. The molecule has 0 atom stereocenters. The molecule has 0 spiro atoms. The third kappa shape index (κ3) is 7.42. The van der Waals surface area contributed by atoms with Gasteiger partial charge in [0.25, 0.3) is 0 Å². The number of anilines is 2. The van der Waals surface area contributed by atoms with Gasteiger partial charge in [0, 0.05) is 62.0 Å². The summed E-state index contributed by atoms with van der Waals surface area (Å²) >= 11 is 20.3. The number of ether oxygens (including phenoxy) is 1. The van der Waals surface area contributed by atoms with Gasteiger partial charge in [-0.1, -0.05) is 71.2 Å². The minimum Gasteiger partial charge on any atom is -0.497 e. The molecule has 6 rings (SSSR count). The molecule has 2 heterocycles. The number of carbonyl (C=O) groups excluding carboxylic acids is 1. The molecule has 2 aliphatic heterocycles. The highest BCUT2D eigenvalue weighted by atomic mass is 35.5. The summed E-state index contributed by atoms with van der Waals surface area (Å²) in [7, 11) is 1.66. The van der Waals surface area contributed by atoms with Crippen molar-refractivity contribution in [2.24, 2.45) is 0 Å². The number of halogens is 3. The fourth-order valence-electron chi connectivity index (χ4n) is 6.25. The molecule has 4 aromatic rings. The number of fused-ring (bicyclic) bond motifs is 1. The Morgan fingerprint density at radius 1 is 0.816 bits per heavy atom. The second-order valence-electron chi connectivity index (χ2n) is 12.4. The van der Waals surface area contributed by atoms with Crippen molar-refractivity contribution >= 4 is 62.2 Å². The number of nitrogens with zero attached hydrogens (tertiary/aromatic N) is 5. The summed E-state index contributed by atoms with van der Waals surface area (Å²) in [5, 5.41) is 0.952. The maximum absolute atomic E-state index is 14.6. The maximum atomic E-state index is 14.6. The molecule has 0 aliphatic carbocycles. The normalized spacial score (nSPS) is 15.9. The molecule has 0 N–H and O–H groups in total. The number of likely N-dealkylation sites (N-methyl/N-ethyl adjacent to an activating group) is 1. The van der Waals surface area contributed by atoms with Crippen LogP contribution in [0.5, 0.6) is 5.75 Å². The summed E-state index contributed by atoms with van der Waals surface area (Å²) in [6.45, 7) is 4.14. The first-order valence-electron chi connectivity index (χ1n) is 15.9. The van der Waals surface area contributed by atoms with Gasteiger partial charge in [-0.25, -0.2) is 13.2 Å². The number of urea groups is 1. The van der Waals surface area contributed by atoms with Gasteiger partial charge in [-0.2, -0.15) is 4.31 Å². The van der Waals surface area contributed by atoms with Crippen molar-refractivity contribution in [3.8, 4) is 16.9 Å². The lowest BCUT2D eigenvalue weighted by Crippen LogP contribution is -2.50. The third-order valence-corrected chi connectivity index (χ3v) is 11.8. The van der Waals surface area contributed by atoms with Gasteiger partial charge in [-0.15, -0.1) is 0 Å². The molecule has 0 radical (unpaired) electrons. The van der Waals surface area contributed by atoms with Crippen molar-refractivity contribution in [1.82, 2.24) is 19.0 Å². The van der Waals surface area contributed by atoms with Crippen molar-refractivity contribution in [2.75, 3.05) is 65.4 Å². The van der Waals surface area contributed by atoms with E-state index in [0.29, 0.717) is 59.3 Å². The number of piperazine rings is 1. The lowest BCUT2D eigenvalue weighted by atomic mass is 9.95. The first-order chi connectivity index (χ1) is 23.5. The van der Waals surface area contributed by atoms with E-state index in [9.17, 15) is 13.2 Å². The van der Waals surface area contributed by atoms with Crippen LogP contribution in [0, 0.1) is 0 Å². The monoisotopic (exact) mass is 741 g/mol. The zero-order valence-corrected chi connectivity index (χ0v) is 30.7. The smallest absolute Gasteiger partial charge is 0.329 e. The second-order valence-corrected chi connectivity index (χ2v) is 15.5. The molecule has 4 aromatic carbocycles. The molecule has 0 saturated carbocycles. The first kappa shape index (κ1) is 35.5. The van der Waals surface area contributed by atoms with E-state index in [0.717, 1.165) is 18.7 Å². The van der Waals surface area contributed by atoms with Crippen LogP contribution in [-0.4, -0.2) is 93.9 Å². The van der Waals surface area contributed by atoms with Gasteiger partial charge in [-0.05, 0) is 67.7 Å². The Labute approximate surface area is 303 Å². The number of hydrogen-bond donors (Lipinski definition) is 0. The SMILES string of the molecule is COc1ccc(CN2Cc3c(-c4ccccc4Cl)cc(S(=O)(=O)N4CCN(CCN(C)C)CC4)cc3N(c3c(Cl)cccc3Cl)C2=O)cc1. The van der Waals surface area contributed by atoms with Crippen LogP contribution in [0.15, 0.2) is 83.8 Å². The van der Waals surface area contributed by atoms with Gasteiger partial charge in [0.1, 0.15) is 5.75 Å². The van der Waals surface area contributed by atoms with Crippen molar-refractivity contribution in [2.45, 2.75) is 18.0 Å². The number of methoxy groups -OCH3 is 1. The quantitative estimate of drug-likeness (QED) is 0.168. The predicted octanol–water partition coefficient (Wildman–Crippen LogP) is 7.46. The second kappa shape index (κ2) is 14.9. The molecule has 0 unspecified atom stereocenters. The fraction of sp³-hybridized carbons (Fsp3) is 0.306. The Morgan fingerprint density at radius 3 is 2.10 bits per heavy atom. The Balaban J connectivity index is 1.49. The average Bonchev–Trinajstić information content (AvgIpc) is 3.09. The van der Waals surface area contributed by atoms with E-state index >= 15 is 0 Å². The molecule has 2 aliphatic rings. The van der Waals surface area contributed by atoms with Crippen molar-refractivity contribution in [3.63, 3.8) is 0 Å². The number of sulfonamides is 1. The standard InChI is InChI=1S/C36H38Cl3N5O4S/c1-40(2)15-16-41-17-19-43(20-18-41)49(46,47)27-21-29(28-7-4-5-8-31(28)37)30-24-42(23-25-11-13-26(48-3)14-12-25)36(45)44(34(30)22-27)35-32(38)9-6-10-33(35)39/h4-14,21-22H,15-20,23-24H2,1-3H3. The van der Waals surface area contributed by atoms with Gasteiger partial charge in [0.2, 0.25) is 10.0 Å². The van der Waals surface area contributed by atoms with E-state index in [2.05, 4.69) is 9.80 Å². The summed E-state index contributed by atoms with van der Waals surface area (Å²) in [5.74, 6) is 0.702. The van der Waals surface area contributed by atoms with Gasteiger partial charge in [0.05, 0.1) is 40.0 Å². The Kier molecular flexibility index (Phi) is 10.8. The van der Waals surface area contributed by atoms with Gasteiger partial charge in [-0.3, -0.25) is 9.80 Å². The van der Waals surface area contributed by atoms with E-state index in [1.807, 2.05) is 56.6 Å². The van der Waals surface area contributed by atoms with Crippen LogP contribution in [0.25, 0.3) is 11.1 Å². The molecular weight excluding hydrogens is 705 g/mol. The number of amides is 2. The average molecular weight is 743 g/mol. The van der Waals surface area contributed by atoms with E-state index in [1.165, 1.54) is 9.21 Å². The number of benzene rings is 4. The number of carbonyl (C=O) groups is 1. The minimum atomic E-state index is -3.98. The van der Waals surface area contributed by atoms with Gasteiger partial charge in [0.15, 0.2) is 0 Å². The Morgan fingerprint density at radius 2 is 1.47 bits per heavy atom. The molecule has 1 saturated heterocycles. The van der Waals surface area contributed by atoms with Crippen LogP contribution in [0.2, 0.25) is 15.1 Å². The predicted molar refractivity (Wildman–Crippen MR) is 197 cm³/mol. The third-order valence-electron chi connectivity index (χ3n) is 8.94. The lowest BCUT2D eigenvalue weighted by Gasteiger charge is -2.39. The van der Waals surface area contributed by atoms with Crippen molar-refractivity contribution in [1.29, 1.82) is 0 Å². The molecule has 2 amide bonds. The molecule has 0 bridgehead atoms. The summed E-state index contributed by atoms with van der Waals surface area (Å²) in [4.78, 5) is 22.1. The van der Waals surface area contributed by atoms with Crippen LogP contribution in [-0.2, 0) is 23.1 Å². The number of para-hydroxylation sites is 1. The summed E-state index contributed by atoms with van der Waals surface area (Å²) in [6, 6.07) is 22.7. The highest BCUT2D eigenvalue weighted by Gasteiger charge is 2.38. The van der Waals surface area contributed by atoms with E-state index in [-0.39, 0.29) is 33.7 Å². The van der Waals surface area contributed by atoms with E-state index < -0.39 is 16.1 Å². The maximum Gasteiger partial charge on any atom is 0.329 e. The van der Waals surface area contributed by atoms with Gasteiger partial charge >= 0.3 is 6.03 Å². The van der Waals surface area contributed by atoms with Crippen LogP contribution in [0.1, 0.15) is 11.1 Å². The van der Waals surface area contributed by atoms with Crippen LogP contribution in [0.4, 0.5) is 16.2 Å². The zero-order chi connectivity index (χ0) is 34.9. The highest BCUT2D eigenvalue weighted by molar-refractivity contribution is 7.89. The summed E-state index contributed by atoms with van der Waals surface area (Å²) in [5.41, 5.74) is 3.49. The van der Waals surface area contributed by atoms with Crippen molar-refractivity contribution < 1.29 is 17.9 Å². The Hall–Kier alpha value is -3.35. The minimum absolute atomic E-state index is 0.0625. The number of hydrogen-bond acceptors (Lipinski definition) is 6. The highest BCUT2D eigenvalue weighted by Crippen LogP contribution is 2.47. The van der Waals surface area contributed by atoms with E-state index in [1.54, 1.807) is 48.4 Å². The van der Waals surface area contributed by atoms with Crippen LogP contribution in [0.3, 0.4) is 0 Å². The van der Waals surface area contributed by atoms with Gasteiger partial charge < -0.3 is 14.5 Å². The molecule has 13 heteroatoms. The first-order valence-corrected chi connectivity index (χ1v) is 18.5. The fourth-order valence-corrected chi connectivity index (χ4v) is 8.52. The molecule has 9 nitrogen and oxygen atoms in total. The largest absolute Gasteiger partial charge is 0.497 e. The van der Waals surface area contributed by atoms with Crippen molar-refractivity contribution in [3.05, 3.63) is 105 Å². The van der Waals surface area contributed by atoms with E-state index in [4.69, 9.17) is 39.5 Å². The number of rotatable bonds is 10.